The molecule has 17 nitrogen and oxygen atoms in total. The van der Waals surface area contributed by atoms with Crippen molar-refractivity contribution >= 4 is 5.97 Å². The first kappa shape index (κ1) is 89.8. The van der Waals surface area contributed by atoms with Gasteiger partial charge in [-0.2, -0.15) is 0 Å². The molecule has 0 spiro atoms. The zero-order valence-electron chi connectivity index (χ0n) is 70.0. The van der Waals surface area contributed by atoms with Crippen molar-refractivity contribution in [3.8, 4) is 0 Å². The van der Waals surface area contributed by atoms with Crippen LogP contribution in [0.3, 0.4) is 0 Å². The van der Waals surface area contributed by atoms with Crippen molar-refractivity contribution in [2.75, 3.05) is 13.2 Å². The lowest BCUT2D eigenvalue weighted by molar-refractivity contribution is -0.381. The van der Waals surface area contributed by atoms with Crippen molar-refractivity contribution in [2.45, 2.75) is 261 Å². The van der Waals surface area contributed by atoms with E-state index >= 15 is 0 Å². The molecule has 3 fully saturated rings. The van der Waals surface area contributed by atoms with Crippen LogP contribution in [0.5, 0.6) is 0 Å². The van der Waals surface area contributed by atoms with Gasteiger partial charge in [-0.05, 0) is 62.1 Å². The largest absolute Gasteiger partial charge is 0.463 e. The van der Waals surface area contributed by atoms with E-state index in [1.54, 1.807) is 0 Å². The molecule has 10 aromatic carbocycles. The van der Waals surface area contributed by atoms with Gasteiger partial charge in [-0.3, -0.25) is 4.79 Å². The Kier molecular flexibility index (Phi) is 37.6. The van der Waals surface area contributed by atoms with E-state index in [1.165, 1.54) is 57.8 Å². The van der Waals surface area contributed by atoms with Gasteiger partial charge in [0, 0.05) is 6.42 Å². The Morgan fingerprint density at radius 3 is 0.744 bits per heavy atom. The van der Waals surface area contributed by atoms with E-state index in [0.717, 1.165) is 74.9 Å². The van der Waals surface area contributed by atoms with Crippen molar-refractivity contribution in [3.05, 3.63) is 359 Å². The maximum atomic E-state index is 14.6. The summed E-state index contributed by atoms with van der Waals surface area (Å²) in [6.45, 7) is 3.16. The van der Waals surface area contributed by atoms with Gasteiger partial charge in [-0.25, -0.2) is 0 Å². The van der Waals surface area contributed by atoms with Crippen LogP contribution in [-0.2, 0) is 142 Å². The van der Waals surface area contributed by atoms with Gasteiger partial charge in [0.1, 0.15) is 92.1 Å². The minimum Gasteiger partial charge on any atom is -0.463 e. The van der Waals surface area contributed by atoms with Crippen molar-refractivity contribution in [2.24, 2.45) is 0 Å². The molecule has 10 aromatic rings. The normalized spacial score (nSPS) is 23.5. The molecular formula is C104H122O17. The number of ether oxygens (including phenoxy) is 15. The van der Waals surface area contributed by atoms with E-state index in [-0.39, 0.29) is 91.7 Å². The molecule has 2 aliphatic heterocycles. The minimum absolute atomic E-state index is 0.0127. The highest BCUT2D eigenvalue weighted by atomic mass is 16.8. The van der Waals surface area contributed by atoms with E-state index in [1.807, 2.05) is 303 Å². The summed E-state index contributed by atoms with van der Waals surface area (Å²) in [6.07, 6.45) is -3.49. The highest BCUT2D eigenvalue weighted by molar-refractivity contribution is 5.69. The topological polar surface area (TPSA) is 176 Å². The van der Waals surface area contributed by atoms with Crippen LogP contribution in [-0.4, -0.2) is 122 Å². The van der Waals surface area contributed by atoms with Gasteiger partial charge >= 0.3 is 5.97 Å². The van der Waals surface area contributed by atoms with Gasteiger partial charge < -0.3 is 76.2 Å². The number of carbonyl (C=O) groups is 1. The molecule has 1 saturated carbocycles. The molecular weight excluding hydrogens is 1520 g/mol. The molecule has 13 rings (SSSR count). The molecule has 17 heteroatoms. The number of aliphatic hydroxyl groups is 1. The molecule has 2 heterocycles. The first-order valence-electron chi connectivity index (χ1n) is 43.8. The van der Waals surface area contributed by atoms with Crippen LogP contribution in [0.25, 0.3) is 0 Å². The molecule has 121 heavy (non-hydrogen) atoms. The minimum atomic E-state index is -1.72. The van der Waals surface area contributed by atoms with Crippen molar-refractivity contribution in [3.63, 3.8) is 0 Å². The third-order valence-corrected chi connectivity index (χ3v) is 22.6. The molecule has 640 valence electrons. The molecule has 1 aliphatic carbocycles. The maximum absolute atomic E-state index is 14.6. The van der Waals surface area contributed by atoms with Crippen LogP contribution in [0.2, 0.25) is 0 Å². The standard InChI is InChI=1S/C104H122O17/c1-2-3-4-5-6-7-8-9-10-11-12-13-44-65-90(105)108-77-89-93(110-68-80-49-28-16-29-50-80)97(112-70-82-53-32-18-33-54-82)102(117-75-87-63-42-23-43-64-87)104(119-89)121-95-91(106)94(98(113-71-83-55-34-19-35-56-83)100(115-73-85-59-38-21-39-60-85)99(95)114-72-84-57-36-20-37-58-84)120-103-101(116-74-86-61-40-22-41-62-86)96(111-69-81-51-30-17-31-52-81)92(109-67-79-47-26-15-27-48-79)88(118-103)76-107-66-78-45-24-14-25-46-78/h14-43,45-64,88-89,91-104,106H,2-13,44,65-77H2,1H3/t88-,89-,91?,92-,93-,94+,95+,96+,97+,98-,99+,100?,101+,102+,103-,104-/m1/s1. The van der Waals surface area contributed by atoms with E-state index in [2.05, 4.69) is 6.92 Å². The zero-order chi connectivity index (χ0) is 82.9. The fraction of sp³-hybridized carbons (Fsp3) is 0.413. The van der Waals surface area contributed by atoms with Crippen LogP contribution >= 0.6 is 0 Å². The second-order valence-corrected chi connectivity index (χ2v) is 31.8. The molecule has 1 N–H and O–H groups in total. The molecule has 0 bridgehead atoms. The van der Waals surface area contributed by atoms with Gasteiger partial charge in [0.25, 0.3) is 0 Å². The Balaban J connectivity index is 0.913. The SMILES string of the molecule is CCCCCCCCCCCCCCCC(=O)OC[C@H]1O[C@H](O[C@H]2C(O)[C@H](O[C@H]3O[C@H](COCc4ccccc4)[C@@H](OCc4ccccc4)[C@H](OCc4ccccc4)[C@@H]3OCc3ccccc3)[C@@H](OCc3ccccc3)C(OCc3ccccc3)[C@H]2OCc2ccccc2)[C@@H](OCc2ccccc2)[C@@H](OCc2ccccc2)[C@@H]1OCc1ccccc1. The lowest BCUT2D eigenvalue weighted by atomic mass is 9.83. The first-order valence-corrected chi connectivity index (χ1v) is 43.8. The predicted octanol–water partition coefficient (Wildman–Crippen LogP) is 20.1. The third-order valence-electron chi connectivity index (χ3n) is 22.6. The summed E-state index contributed by atoms with van der Waals surface area (Å²) in [5, 5.41) is 14.6. The van der Waals surface area contributed by atoms with E-state index < -0.39 is 98.0 Å². The smallest absolute Gasteiger partial charge is 0.305 e. The van der Waals surface area contributed by atoms with Crippen LogP contribution in [0.15, 0.2) is 303 Å². The van der Waals surface area contributed by atoms with Crippen LogP contribution < -0.4 is 0 Å². The number of carbonyl (C=O) groups excluding carboxylic acids is 1. The molecule has 2 unspecified atom stereocenters. The Bertz CT molecular complexity index is 4380. The lowest BCUT2D eigenvalue weighted by Gasteiger charge is -2.53. The monoisotopic (exact) mass is 1640 g/mol. The maximum Gasteiger partial charge on any atom is 0.305 e. The highest BCUT2D eigenvalue weighted by Crippen LogP contribution is 2.42. The van der Waals surface area contributed by atoms with Gasteiger partial charge in [0.2, 0.25) is 0 Å². The Morgan fingerprint density at radius 1 is 0.256 bits per heavy atom. The average molecular weight is 1640 g/mol. The molecule has 3 aliphatic rings. The Hall–Kier alpha value is -8.93. The average Bonchev–Trinajstić information content (AvgIpc) is 0.748. The summed E-state index contributed by atoms with van der Waals surface area (Å²) < 4.78 is 110. The number of unbranched alkanes of at least 4 members (excludes halogenated alkanes) is 12. The molecule has 16 atom stereocenters. The summed E-state index contributed by atoms with van der Waals surface area (Å²) in [7, 11) is 0. The second-order valence-electron chi connectivity index (χ2n) is 31.8. The van der Waals surface area contributed by atoms with Gasteiger partial charge in [-0.15, -0.1) is 0 Å². The van der Waals surface area contributed by atoms with Crippen molar-refractivity contribution in [1.82, 2.24) is 0 Å². The predicted molar refractivity (Wildman–Crippen MR) is 466 cm³/mol. The van der Waals surface area contributed by atoms with Crippen LogP contribution in [0.4, 0.5) is 0 Å². The fourth-order valence-corrected chi connectivity index (χ4v) is 16.0. The van der Waals surface area contributed by atoms with Crippen LogP contribution in [0.1, 0.15) is 152 Å². The number of hydrogen-bond donors (Lipinski definition) is 1. The second kappa shape index (κ2) is 50.6. The Morgan fingerprint density at radius 2 is 0.471 bits per heavy atom. The van der Waals surface area contributed by atoms with Gasteiger partial charge in [-0.1, -0.05) is 387 Å². The lowest BCUT2D eigenvalue weighted by Crippen LogP contribution is -2.71. The van der Waals surface area contributed by atoms with E-state index in [9.17, 15) is 9.90 Å². The number of esters is 1. The number of aliphatic hydroxyl groups excluding tert-OH is 1. The fourth-order valence-electron chi connectivity index (χ4n) is 16.0. The van der Waals surface area contributed by atoms with E-state index in [0.29, 0.717) is 6.42 Å². The quantitative estimate of drug-likeness (QED) is 0.0281. The highest BCUT2D eigenvalue weighted by Gasteiger charge is 2.60. The summed E-state index contributed by atoms with van der Waals surface area (Å²) in [4.78, 5) is 14.4. The van der Waals surface area contributed by atoms with Gasteiger partial charge in [0.15, 0.2) is 12.6 Å². The van der Waals surface area contributed by atoms with Gasteiger partial charge in [0.05, 0.1) is 72.7 Å². The third kappa shape index (κ3) is 28.8. The molecule has 2 saturated heterocycles. The number of hydrogen-bond acceptors (Lipinski definition) is 17. The van der Waals surface area contributed by atoms with Crippen molar-refractivity contribution < 1.29 is 81.0 Å². The van der Waals surface area contributed by atoms with E-state index in [4.69, 9.17) is 71.1 Å². The summed E-state index contributed by atoms with van der Waals surface area (Å²) in [5.41, 5.74) is 8.85. The van der Waals surface area contributed by atoms with Crippen LogP contribution in [0, 0.1) is 0 Å². The molecule has 0 radical (unpaired) electrons. The molecule has 0 amide bonds. The first-order chi connectivity index (χ1) is 59.8. The van der Waals surface area contributed by atoms with Crippen molar-refractivity contribution in [1.29, 1.82) is 0 Å². The summed E-state index contributed by atoms with van der Waals surface area (Å²) in [5.74, 6) is -0.366. The Labute approximate surface area is 716 Å². The zero-order valence-corrected chi connectivity index (χ0v) is 70.0. The number of rotatable bonds is 51. The number of benzene rings is 10. The molecule has 0 aromatic heterocycles. The summed E-state index contributed by atoms with van der Waals surface area (Å²) >= 11 is 0. The summed E-state index contributed by atoms with van der Waals surface area (Å²) in [6, 6.07) is 99.1.